The molecule has 0 aliphatic rings. The molecule has 0 aromatic heterocycles. The Bertz CT molecular complexity index is 336. The topological polar surface area (TPSA) is 98.0 Å². The second-order valence-corrected chi connectivity index (χ2v) is 8.55. The van der Waals surface area contributed by atoms with Crippen molar-refractivity contribution in [2.45, 2.75) is 148 Å². The standard InChI is InChI=1S/C13H28O3.C12H24O2/c1-2-3-4-5-6-7-8-9-10-12(15)13(16)11-14;1-2-3-4-5-6-7-8-9-10-11-12(13)14/h12-16H,2-11H2,1H3;2-11H2,1H3,(H,13,14). The predicted molar refractivity (Wildman–Crippen MR) is 126 cm³/mol. The summed E-state index contributed by atoms with van der Waals surface area (Å²) in [7, 11) is 0. The van der Waals surface area contributed by atoms with Gasteiger partial charge in [0.05, 0.1) is 12.7 Å². The van der Waals surface area contributed by atoms with Gasteiger partial charge in [-0.25, -0.2) is 0 Å². The SMILES string of the molecule is CCCCCCCCCCC(O)C(O)CO.CCCCCCCCCCCC(=O)O. The number of aliphatic carboxylic acids is 1. The van der Waals surface area contributed by atoms with Crippen molar-refractivity contribution < 1.29 is 25.2 Å². The maximum atomic E-state index is 10.2. The summed E-state index contributed by atoms with van der Waals surface area (Å²) >= 11 is 0. The summed E-state index contributed by atoms with van der Waals surface area (Å²) in [6.45, 7) is 4.10. The lowest BCUT2D eigenvalue weighted by molar-refractivity contribution is -0.137. The molecule has 182 valence electrons. The molecular formula is C25H52O5. The maximum Gasteiger partial charge on any atom is 0.303 e. The molecule has 5 nitrogen and oxygen atoms in total. The summed E-state index contributed by atoms with van der Waals surface area (Å²) in [6.07, 6.45) is 20.2. The van der Waals surface area contributed by atoms with Crippen LogP contribution in [0.4, 0.5) is 0 Å². The molecule has 0 heterocycles. The Morgan fingerprint density at radius 3 is 1.33 bits per heavy atom. The van der Waals surface area contributed by atoms with E-state index in [0.717, 1.165) is 25.7 Å². The fraction of sp³-hybridized carbons (Fsp3) is 0.960. The van der Waals surface area contributed by atoms with Crippen LogP contribution in [0.3, 0.4) is 0 Å². The van der Waals surface area contributed by atoms with E-state index in [1.165, 1.54) is 83.5 Å². The maximum absolute atomic E-state index is 10.2. The highest BCUT2D eigenvalue weighted by Gasteiger charge is 2.13. The molecule has 0 bridgehead atoms. The average Bonchev–Trinajstić information content (AvgIpc) is 2.74. The van der Waals surface area contributed by atoms with Gasteiger partial charge in [0.1, 0.15) is 6.10 Å². The molecule has 2 atom stereocenters. The molecule has 0 rings (SSSR count). The van der Waals surface area contributed by atoms with E-state index >= 15 is 0 Å². The van der Waals surface area contributed by atoms with Crippen molar-refractivity contribution in [1.82, 2.24) is 0 Å². The summed E-state index contributed by atoms with van der Waals surface area (Å²) in [5, 5.41) is 35.5. The van der Waals surface area contributed by atoms with E-state index in [2.05, 4.69) is 13.8 Å². The first-order valence-corrected chi connectivity index (χ1v) is 12.7. The zero-order chi connectivity index (χ0) is 22.9. The molecule has 0 aromatic rings. The minimum Gasteiger partial charge on any atom is -0.481 e. The zero-order valence-electron chi connectivity index (χ0n) is 20.0. The highest BCUT2D eigenvalue weighted by Crippen LogP contribution is 2.12. The molecule has 2 unspecified atom stereocenters. The molecule has 0 saturated carbocycles. The molecule has 30 heavy (non-hydrogen) atoms. The van der Waals surface area contributed by atoms with Crippen molar-refractivity contribution in [3.63, 3.8) is 0 Å². The van der Waals surface area contributed by atoms with Crippen LogP contribution in [0.5, 0.6) is 0 Å². The third kappa shape index (κ3) is 27.4. The summed E-state index contributed by atoms with van der Waals surface area (Å²) < 4.78 is 0. The van der Waals surface area contributed by atoms with E-state index in [1.807, 2.05) is 0 Å². The van der Waals surface area contributed by atoms with Crippen LogP contribution < -0.4 is 0 Å². The van der Waals surface area contributed by atoms with Crippen LogP contribution in [-0.2, 0) is 4.79 Å². The molecule has 0 fully saturated rings. The molecular weight excluding hydrogens is 380 g/mol. The summed E-state index contributed by atoms with van der Waals surface area (Å²) in [4.78, 5) is 10.2. The number of carboxylic acid groups (broad SMARTS) is 1. The van der Waals surface area contributed by atoms with Crippen molar-refractivity contribution in [3.05, 3.63) is 0 Å². The lowest BCUT2D eigenvalue weighted by Gasteiger charge is -2.14. The Labute approximate surface area is 186 Å². The van der Waals surface area contributed by atoms with Crippen molar-refractivity contribution in [2.24, 2.45) is 0 Å². The van der Waals surface area contributed by atoms with E-state index in [-0.39, 0.29) is 6.61 Å². The average molecular weight is 433 g/mol. The van der Waals surface area contributed by atoms with Crippen LogP contribution in [0.15, 0.2) is 0 Å². The van der Waals surface area contributed by atoms with Crippen LogP contribution in [0, 0.1) is 0 Å². The first-order chi connectivity index (χ1) is 14.5. The van der Waals surface area contributed by atoms with Crippen LogP contribution in [0.25, 0.3) is 0 Å². The second kappa shape index (κ2) is 26.4. The molecule has 4 N–H and O–H groups in total. The fourth-order valence-corrected chi connectivity index (χ4v) is 3.39. The fourth-order valence-electron chi connectivity index (χ4n) is 3.39. The van der Waals surface area contributed by atoms with Gasteiger partial charge in [-0.2, -0.15) is 0 Å². The van der Waals surface area contributed by atoms with E-state index in [4.69, 9.17) is 15.3 Å². The van der Waals surface area contributed by atoms with Crippen LogP contribution in [0.2, 0.25) is 0 Å². The molecule has 0 amide bonds. The number of carbonyl (C=O) groups is 1. The number of rotatable bonds is 21. The van der Waals surface area contributed by atoms with E-state index in [0.29, 0.717) is 12.8 Å². The number of aliphatic hydroxyl groups excluding tert-OH is 3. The minimum atomic E-state index is -0.968. The molecule has 0 radical (unpaired) electrons. The Morgan fingerprint density at radius 1 is 0.600 bits per heavy atom. The largest absolute Gasteiger partial charge is 0.481 e. The Morgan fingerprint density at radius 2 is 0.967 bits per heavy atom. The van der Waals surface area contributed by atoms with Gasteiger partial charge in [0.25, 0.3) is 0 Å². The summed E-state index contributed by atoms with van der Waals surface area (Å²) in [6, 6.07) is 0. The molecule has 0 spiro atoms. The quantitative estimate of drug-likeness (QED) is 0.161. The van der Waals surface area contributed by atoms with Gasteiger partial charge in [0.2, 0.25) is 0 Å². The zero-order valence-corrected chi connectivity index (χ0v) is 20.0. The number of unbranched alkanes of at least 4 members (excludes halogenated alkanes) is 15. The van der Waals surface area contributed by atoms with Crippen molar-refractivity contribution in [1.29, 1.82) is 0 Å². The van der Waals surface area contributed by atoms with Crippen molar-refractivity contribution >= 4 is 5.97 Å². The van der Waals surface area contributed by atoms with Crippen molar-refractivity contribution in [3.8, 4) is 0 Å². The lowest BCUT2D eigenvalue weighted by Crippen LogP contribution is -2.28. The first-order valence-electron chi connectivity index (χ1n) is 12.7. The number of aliphatic hydroxyl groups is 3. The highest BCUT2D eigenvalue weighted by molar-refractivity contribution is 5.66. The second-order valence-electron chi connectivity index (χ2n) is 8.55. The molecule has 0 saturated heterocycles. The minimum absolute atomic E-state index is 0.343. The monoisotopic (exact) mass is 432 g/mol. The first kappa shape index (κ1) is 31.5. The van der Waals surface area contributed by atoms with Gasteiger partial charge in [0.15, 0.2) is 0 Å². The third-order valence-corrected chi connectivity index (χ3v) is 5.48. The molecule has 5 heteroatoms. The van der Waals surface area contributed by atoms with Gasteiger partial charge >= 0.3 is 5.97 Å². The Hall–Kier alpha value is -0.650. The normalized spacial score (nSPS) is 12.8. The van der Waals surface area contributed by atoms with Gasteiger partial charge in [-0.1, -0.05) is 117 Å². The van der Waals surface area contributed by atoms with Gasteiger partial charge in [-0.05, 0) is 12.8 Å². The Kier molecular flexibility index (Phi) is 27.7. The van der Waals surface area contributed by atoms with Crippen molar-refractivity contribution in [2.75, 3.05) is 6.61 Å². The van der Waals surface area contributed by atoms with Gasteiger partial charge < -0.3 is 20.4 Å². The summed E-state index contributed by atoms with van der Waals surface area (Å²) in [5.41, 5.74) is 0. The number of carboxylic acids is 1. The smallest absolute Gasteiger partial charge is 0.303 e. The molecule has 0 aromatic carbocycles. The molecule has 0 aliphatic carbocycles. The highest BCUT2D eigenvalue weighted by atomic mass is 16.4. The number of hydrogen-bond donors (Lipinski definition) is 4. The van der Waals surface area contributed by atoms with Crippen LogP contribution in [0.1, 0.15) is 136 Å². The van der Waals surface area contributed by atoms with Crippen LogP contribution >= 0.6 is 0 Å². The van der Waals surface area contributed by atoms with Gasteiger partial charge in [0, 0.05) is 6.42 Å². The lowest BCUT2D eigenvalue weighted by atomic mass is 10.0. The van der Waals surface area contributed by atoms with Gasteiger partial charge in [-0.3, -0.25) is 4.79 Å². The van der Waals surface area contributed by atoms with E-state index in [9.17, 15) is 9.90 Å². The van der Waals surface area contributed by atoms with E-state index in [1.54, 1.807) is 0 Å². The summed E-state index contributed by atoms with van der Waals surface area (Å²) in [5.74, 6) is -0.659. The van der Waals surface area contributed by atoms with Gasteiger partial charge in [-0.15, -0.1) is 0 Å². The predicted octanol–water partition coefficient (Wildman–Crippen LogP) is 6.22. The molecule has 0 aliphatic heterocycles. The Balaban J connectivity index is 0. The number of hydrogen-bond acceptors (Lipinski definition) is 4. The third-order valence-electron chi connectivity index (χ3n) is 5.48. The van der Waals surface area contributed by atoms with E-state index < -0.39 is 18.2 Å². The van der Waals surface area contributed by atoms with Crippen LogP contribution in [-0.4, -0.2) is 45.2 Å².